The van der Waals surface area contributed by atoms with Crippen LogP contribution in [0.3, 0.4) is 0 Å². The number of quaternary nitrogens is 1. The Labute approximate surface area is 135 Å². The molecule has 3 rings (SSSR count). The van der Waals surface area contributed by atoms with Crippen LogP contribution in [0.4, 0.5) is 4.79 Å². The number of hydrogen-bond acceptors (Lipinski definition) is 3. The zero-order valence-corrected chi connectivity index (χ0v) is 13.4. The average Bonchev–Trinajstić information content (AvgIpc) is 2.74. The maximum atomic E-state index is 12.9. The number of ether oxygens (including phenoxy) is 1. The van der Waals surface area contributed by atoms with Crippen molar-refractivity contribution in [1.82, 2.24) is 5.32 Å². The molecule has 0 spiro atoms. The molecule has 0 bridgehead atoms. The van der Waals surface area contributed by atoms with Gasteiger partial charge in [0.05, 0.1) is 21.2 Å². The van der Waals surface area contributed by atoms with E-state index in [0.29, 0.717) is 5.75 Å². The van der Waals surface area contributed by atoms with E-state index >= 15 is 0 Å². The second-order valence-corrected chi connectivity index (χ2v) is 6.02. The summed E-state index contributed by atoms with van der Waals surface area (Å²) in [6.45, 7) is 0. The first-order chi connectivity index (χ1) is 10.9. The van der Waals surface area contributed by atoms with E-state index in [9.17, 15) is 9.59 Å². The molecule has 1 atom stereocenters. The lowest BCUT2D eigenvalue weighted by Gasteiger charge is -2.38. The number of benzene rings is 2. The third-order valence-electron chi connectivity index (χ3n) is 4.57. The minimum Gasteiger partial charge on any atom is -0.497 e. The molecule has 1 unspecified atom stereocenters. The molecule has 2 aromatic carbocycles. The van der Waals surface area contributed by atoms with E-state index in [0.717, 1.165) is 11.1 Å². The number of nitrogens with zero attached hydrogens (tertiary/aromatic N) is 1. The van der Waals surface area contributed by atoms with Crippen LogP contribution in [-0.4, -0.2) is 37.6 Å². The van der Waals surface area contributed by atoms with Crippen molar-refractivity contribution in [3.63, 3.8) is 0 Å². The predicted octanol–water partition coefficient (Wildman–Crippen LogP) is 2.26. The van der Waals surface area contributed by atoms with Crippen molar-refractivity contribution >= 4 is 11.9 Å². The molecule has 118 valence electrons. The monoisotopic (exact) mass is 311 g/mol. The molecule has 5 nitrogen and oxygen atoms in total. The predicted molar refractivity (Wildman–Crippen MR) is 85.9 cm³/mol. The second kappa shape index (κ2) is 5.21. The van der Waals surface area contributed by atoms with Gasteiger partial charge in [0, 0.05) is 11.1 Å². The fourth-order valence-electron chi connectivity index (χ4n) is 3.34. The molecule has 0 radical (unpaired) electrons. The standard InChI is InChI=1S/C18H18N2O3/c1-20(2)17(22)19-16(21)18(20,13-8-5-4-6-9-13)14-10-7-11-15(12-14)23-3/h4-12H,1-3H3/p+1. The summed E-state index contributed by atoms with van der Waals surface area (Å²) in [5.74, 6) is 0.317. The topological polar surface area (TPSA) is 55.4 Å². The fraction of sp³-hybridized carbons (Fsp3) is 0.222. The van der Waals surface area contributed by atoms with Crippen LogP contribution in [0.1, 0.15) is 11.1 Å². The normalized spacial score (nSPS) is 22.7. The quantitative estimate of drug-likeness (QED) is 0.699. The van der Waals surface area contributed by atoms with E-state index in [2.05, 4.69) is 5.32 Å². The van der Waals surface area contributed by atoms with Crippen LogP contribution < -0.4 is 10.1 Å². The molecule has 1 heterocycles. The summed E-state index contributed by atoms with van der Waals surface area (Å²) >= 11 is 0. The van der Waals surface area contributed by atoms with Crippen LogP contribution in [0.2, 0.25) is 0 Å². The van der Waals surface area contributed by atoms with Gasteiger partial charge in [0.25, 0.3) is 0 Å². The van der Waals surface area contributed by atoms with E-state index in [1.54, 1.807) is 21.2 Å². The van der Waals surface area contributed by atoms with E-state index in [1.807, 2.05) is 54.6 Å². The Morgan fingerprint density at radius 2 is 1.61 bits per heavy atom. The van der Waals surface area contributed by atoms with Crippen LogP contribution in [0.25, 0.3) is 0 Å². The van der Waals surface area contributed by atoms with Gasteiger partial charge in [-0.2, -0.15) is 0 Å². The zero-order chi connectivity index (χ0) is 16.7. The van der Waals surface area contributed by atoms with Gasteiger partial charge in [0.15, 0.2) is 0 Å². The molecular weight excluding hydrogens is 292 g/mol. The second-order valence-electron chi connectivity index (χ2n) is 6.02. The Morgan fingerprint density at radius 3 is 2.17 bits per heavy atom. The molecule has 1 aliphatic rings. The van der Waals surface area contributed by atoms with Crippen LogP contribution in [0, 0.1) is 0 Å². The van der Waals surface area contributed by atoms with Crippen molar-refractivity contribution in [3.8, 4) is 5.75 Å². The first-order valence-electron chi connectivity index (χ1n) is 7.34. The smallest absolute Gasteiger partial charge is 0.424 e. The number of rotatable bonds is 3. The highest BCUT2D eigenvalue weighted by Gasteiger charge is 2.65. The van der Waals surface area contributed by atoms with Crippen molar-refractivity contribution in [1.29, 1.82) is 0 Å². The summed E-state index contributed by atoms with van der Waals surface area (Å²) in [4.78, 5) is 25.4. The molecular formula is C18H19N2O3+. The van der Waals surface area contributed by atoms with Crippen LogP contribution >= 0.6 is 0 Å². The van der Waals surface area contributed by atoms with Crippen molar-refractivity contribution in [3.05, 3.63) is 65.7 Å². The summed E-state index contributed by atoms with van der Waals surface area (Å²) in [5.41, 5.74) is 0.338. The number of carbonyl (C=O) groups is 2. The number of nitrogens with one attached hydrogen (secondary N) is 1. The van der Waals surface area contributed by atoms with Crippen molar-refractivity contribution in [2.45, 2.75) is 5.54 Å². The van der Waals surface area contributed by atoms with Gasteiger partial charge in [-0.3, -0.25) is 4.79 Å². The van der Waals surface area contributed by atoms with E-state index in [1.165, 1.54) is 0 Å². The summed E-state index contributed by atoms with van der Waals surface area (Å²) in [6, 6.07) is 16.3. The molecule has 0 aliphatic carbocycles. The van der Waals surface area contributed by atoms with Gasteiger partial charge in [0.1, 0.15) is 5.75 Å². The van der Waals surface area contributed by atoms with Crippen molar-refractivity contribution < 1.29 is 18.8 Å². The van der Waals surface area contributed by atoms with Gasteiger partial charge in [-0.1, -0.05) is 42.5 Å². The van der Waals surface area contributed by atoms with Crippen molar-refractivity contribution in [2.75, 3.05) is 21.2 Å². The number of hydrogen-bond donors (Lipinski definition) is 1. The summed E-state index contributed by atoms with van der Waals surface area (Å²) < 4.78 is 5.17. The van der Waals surface area contributed by atoms with Gasteiger partial charge >= 0.3 is 11.9 Å². The number of methoxy groups -OCH3 is 1. The third kappa shape index (κ3) is 1.97. The maximum Gasteiger partial charge on any atom is 0.424 e. The van der Waals surface area contributed by atoms with E-state index < -0.39 is 5.54 Å². The SMILES string of the molecule is COc1cccc(C2(c3ccccc3)C(=O)NC(=O)[N+]2(C)C)c1. The third-order valence-corrected chi connectivity index (χ3v) is 4.57. The lowest BCUT2D eigenvalue weighted by molar-refractivity contribution is -0.848. The first kappa shape index (κ1) is 15.2. The molecule has 23 heavy (non-hydrogen) atoms. The number of likely N-dealkylation sites (N-methyl/N-ethyl adjacent to an activating group) is 1. The largest absolute Gasteiger partial charge is 0.497 e. The Hall–Kier alpha value is -2.66. The maximum absolute atomic E-state index is 12.9. The molecule has 3 amide bonds. The van der Waals surface area contributed by atoms with E-state index in [-0.39, 0.29) is 16.4 Å². The molecule has 1 saturated heterocycles. The Bertz CT molecular complexity index is 771. The van der Waals surface area contributed by atoms with Crippen LogP contribution in [0.5, 0.6) is 5.75 Å². The highest BCUT2D eigenvalue weighted by molar-refractivity contribution is 6.05. The molecule has 0 saturated carbocycles. The highest BCUT2D eigenvalue weighted by Crippen LogP contribution is 2.44. The van der Waals surface area contributed by atoms with Gasteiger partial charge in [-0.15, -0.1) is 0 Å². The lowest BCUT2D eigenvalue weighted by Crippen LogP contribution is -2.58. The summed E-state index contributed by atoms with van der Waals surface area (Å²) in [6.07, 6.45) is 0. The zero-order valence-electron chi connectivity index (χ0n) is 13.4. The number of amides is 3. The molecule has 2 aromatic rings. The molecule has 1 fully saturated rings. The van der Waals surface area contributed by atoms with E-state index in [4.69, 9.17) is 4.74 Å². The molecule has 5 heteroatoms. The Morgan fingerprint density at radius 1 is 0.957 bits per heavy atom. The van der Waals surface area contributed by atoms with Gasteiger partial charge in [-0.05, 0) is 12.1 Å². The van der Waals surface area contributed by atoms with Gasteiger partial charge in [-0.25, -0.2) is 14.6 Å². The number of carbonyl (C=O) groups excluding carboxylic acids is 2. The first-order valence-corrected chi connectivity index (χ1v) is 7.34. The lowest BCUT2D eigenvalue weighted by atomic mass is 9.80. The Kier molecular flexibility index (Phi) is 3.45. The van der Waals surface area contributed by atoms with Crippen molar-refractivity contribution in [2.24, 2.45) is 0 Å². The minimum absolute atomic E-state index is 0.136. The molecule has 1 N–H and O–H groups in total. The van der Waals surface area contributed by atoms with Gasteiger partial charge < -0.3 is 4.74 Å². The number of urea groups is 1. The Balaban J connectivity index is 2.36. The van der Waals surface area contributed by atoms with Crippen LogP contribution in [-0.2, 0) is 10.3 Å². The molecule has 1 aliphatic heterocycles. The van der Waals surface area contributed by atoms with Crippen LogP contribution in [0.15, 0.2) is 54.6 Å². The average molecular weight is 311 g/mol. The fourth-order valence-corrected chi connectivity index (χ4v) is 3.34. The summed E-state index contributed by atoms with van der Waals surface area (Å²) in [5, 5.41) is 2.49. The molecule has 0 aromatic heterocycles. The highest BCUT2D eigenvalue weighted by atomic mass is 16.5. The number of imide groups is 1. The summed E-state index contributed by atoms with van der Waals surface area (Å²) in [7, 11) is 5.06. The minimum atomic E-state index is -1.15. The van der Waals surface area contributed by atoms with Gasteiger partial charge in [0.2, 0.25) is 5.54 Å².